The van der Waals surface area contributed by atoms with Gasteiger partial charge in [0.15, 0.2) is 6.04 Å². The third-order valence-electron chi connectivity index (χ3n) is 4.51. The Morgan fingerprint density at radius 3 is 2.60 bits per heavy atom. The normalized spacial score (nSPS) is 25.4. The van der Waals surface area contributed by atoms with E-state index in [4.69, 9.17) is 10.5 Å². The fourth-order valence-electron chi connectivity index (χ4n) is 3.55. The highest BCUT2D eigenvalue weighted by molar-refractivity contribution is 6.09. The molecule has 3 N–H and O–H groups in total. The van der Waals surface area contributed by atoms with Crippen molar-refractivity contribution in [2.75, 3.05) is 4.90 Å². The van der Waals surface area contributed by atoms with Gasteiger partial charge < -0.3 is 15.6 Å². The smallest absolute Gasteiger partial charge is 0.328 e. The highest BCUT2D eigenvalue weighted by Crippen LogP contribution is 2.46. The van der Waals surface area contributed by atoms with Gasteiger partial charge in [-0.05, 0) is 44.7 Å². The number of carbonyl (C=O) groups excluding carboxylic acids is 2. The topological polar surface area (TPSA) is 110 Å². The van der Waals surface area contributed by atoms with Crippen molar-refractivity contribution in [1.82, 2.24) is 0 Å². The maximum absolute atomic E-state index is 12.8. The molecule has 1 aromatic carbocycles. The van der Waals surface area contributed by atoms with Crippen LogP contribution in [0.1, 0.15) is 44.2 Å². The Morgan fingerprint density at radius 1 is 1.32 bits per heavy atom. The van der Waals surface area contributed by atoms with Gasteiger partial charge in [0.05, 0.1) is 11.7 Å². The monoisotopic (exact) mass is 346 g/mol. The lowest BCUT2D eigenvalue weighted by atomic mass is 9.92. The molecule has 1 amide bonds. The molecule has 134 valence electrons. The fourth-order valence-corrected chi connectivity index (χ4v) is 3.55. The second-order valence-electron chi connectivity index (χ2n) is 7.50. The van der Waals surface area contributed by atoms with Gasteiger partial charge in [-0.25, -0.2) is 4.79 Å². The molecule has 1 aromatic rings. The van der Waals surface area contributed by atoms with Crippen LogP contribution in [0.15, 0.2) is 18.2 Å². The summed E-state index contributed by atoms with van der Waals surface area (Å²) in [6.45, 7) is 5.15. The van der Waals surface area contributed by atoms with Crippen LogP contribution >= 0.6 is 0 Å². The molecule has 3 atom stereocenters. The lowest BCUT2D eigenvalue weighted by Crippen LogP contribution is -2.51. The lowest BCUT2D eigenvalue weighted by Gasteiger charge is -2.27. The summed E-state index contributed by atoms with van der Waals surface area (Å²) in [7, 11) is 0. The summed E-state index contributed by atoms with van der Waals surface area (Å²) in [5, 5.41) is 9.77. The van der Waals surface area contributed by atoms with Crippen molar-refractivity contribution < 1.29 is 24.2 Å². The van der Waals surface area contributed by atoms with Gasteiger partial charge >= 0.3 is 11.9 Å². The number of nitrogens with two attached hydrogens (primary N) is 1. The third kappa shape index (κ3) is 2.89. The first kappa shape index (κ1) is 17.4. The molecule has 0 spiro atoms. The SMILES string of the molecule is CC(C)(C)OC(=O)C1c2cccc3c2N(C(=O)[C@@H](N)CC3)[C@@H]1C(=O)O. The van der Waals surface area contributed by atoms with Crippen molar-refractivity contribution in [3.8, 4) is 0 Å². The van der Waals surface area contributed by atoms with Crippen LogP contribution in [-0.4, -0.2) is 40.6 Å². The van der Waals surface area contributed by atoms with E-state index < -0.39 is 41.4 Å². The molecular formula is C18H22N2O5. The molecular weight excluding hydrogens is 324 g/mol. The molecule has 0 fully saturated rings. The van der Waals surface area contributed by atoms with Gasteiger partial charge in [-0.15, -0.1) is 0 Å². The Morgan fingerprint density at radius 2 is 2.00 bits per heavy atom. The van der Waals surface area contributed by atoms with Gasteiger partial charge in [-0.2, -0.15) is 0 Å². The number of carbonyl (C=O) groups is 3. The van der Waals surface area contributed by atoms with Crippen molar-refractivity contribution in [2.24, 2.45) is 5.73 Å². The Labute approximate surface area is 145 Å². The number of nitrogens with zero attached hydrogens (tertiary/aromatic N) is 1. The van der Waals surface area contributed by atoms with Gasteiger partial charge in [0.25, 0.3) is 0 Å². The number of rotatable bonds is 2. The van der Waals surface area contributed by atoms with E-state index in [2.05, 4.69) is 0 Å². The van der Waals surface area contributed by atoms with E-state index in [1.807, 2.05) is 6.07 Å². The van der Waals surface area contributed by atoms with Crippen LogP contribution in [-0.2, 0) is 25.5 Å². The quantitative estimate of drug-likeness (QED) is 0.778. The van der Waals surface area contributed by atoms with Crippen LogP contribution in [0, 0.1) is 0 Å². The van der Waals surface area contributed by atoms with Gasteiger partial charge in [-0.3, -0.25) is 14.5 Å². The average Bonchev–Trinajstić information content (AvgIpc) is 2.79. The molecule has 7 nitrogen and oxygen atoms in total. The van der Waals surface area contributed by atoms with Crippen molar-refractivity contribution in [1.29, 1.82) is 0 Å². The number of aryl methyl sites for hydroxylation is 1. The highest BCUT2D eigenvalue weighted by Gasteiger charge is 2.52. The molecule has 0 radical (unpaired) electrons. The lowest BCUT2D eigenvalue weighted by molar-refractivity contribution is -0.160. The van der Waals surface area contributed by atoms with Crippen LogP contribution in [0.2, 0.25) is 0 Å². The number of aliphatic carboxylic acids is 1. The Balaban J connectivity index is 2.16. The molecule has 2 aliphatic heterocycles. The number of carboxylic acid groups (broad SMARTS) is 1. The molecule has 2 aliphatic rings. The standard InChI is InChI=1S/C18H22N2O5/c1-18(2,3)25-17(24)12-10-6-4-5-9-7-8-11(19)15(21)20(13(9)10)14(12)16(22)23/h4-6,11-12,14H,7-8,19H2,1-3H3,(H,22,23)/t11-,12?,14-/m0/s1. The number of anilines is 1. The number of ether oxygens (including phenoxy) is 1. The minimum atomic E-state index is -1.34. The third-order valence-corrected chi connectivity index (χ3v) is 4.51. The van der Waals surface area contributed by atoms with Gasteiger partial charge in [-0.1, -0.05) is 18.2 Å². The van der Waals surface area contributed by atoms with E-state index in [0.29, 0.717) is 24.1 Å². The molecule has 7 heteroatoms. The Bertz CT molecular complexity index is 752. The minimum absolute atomic E-state index is 0.440. The van der Waals surface area contributed by atoms with E-state index >= 15 is 0 Å². The molecule has 0 saturated carbocycles. The summed E-state index contributed by atoms with van der Waals surface area (Å²) < 4.78 is 5.43. The molecule has 0 bridgehead atoms. The number of hydrogen-bond donors (Lipinski definition) is 2. The molecule has 2 heterocycles. The minimum Gasteiger partial charge on any atom is -0.480 e. The summed E-state index contributed by atoms with van der Waals surface area (Å²) in [6, 6.07) is 3.16. The van der Waals surface area contributed by atoms with Gasteiger partial charge in [0.2, 0.25) is 5.91 Å². The van der Waals surface area contributed by atoms with Crippen LogP contribution in [0.4, 0.5) is 5.69 Å². The average molecular weight is 346 g/mol. The summed E-state index contributed by atoms with van der Waals surface area (Å²) in [5.41, 5.74) is 7.02. The first-order chi connectivity index (χ1) is 11.6. The van der Waals surface area contributed by atoms with Crippen LogP contribution < -0.4 is 10.6 Å². The summed E-state index contributed by atoms with van der Waals surface area (Å²) in [4.78, 5) is 38.6. The summed E-state index contributed by atoms with van der Waals surface area (Å²) in [6.07, 6.45) is 0.995. The van der Waals surface area contributed by atoms with E-state index in [1.165, 1.54) is 4.90 Å². The first-order valence-electron chi connectivity index (χ1n) is 8.28. The molecule has 0 saturated heterocycles. The Kier molecular flexibility index (Phi) is 4.07. The van der Waals surface area contributed by atoms with E-state index in [0.717, 1.165) is 5.56 Å². The number of para-hydroxylation sites is 1. The summed E-state index contributed by atoms with van der Waals surface area (Å²) >= 11 is 0. The molecule has 1 unspecified atom stereocenters. The van der Waals surface area contributed by atoms with E-state index in [9.17, 15) is 19.5 Å². The molecule has 3 rings (SSSR count). The summed E-state index contributed by atoms with van der Waals surface area (Å²) in [5.74, 6) is -3.44. The molecule has 0 aromatic heterocycles. The largest absolute Gasteiger partial charge is 0.480 e. The molecule has 0 aliphatic carbocycles. The van der Waals surface area contributed by atoms with Crippen molar-refractivity contribution in [2.45, 2.75) is 57.2 Å². The number of hydrogen-bond acceptors (Lipinski definition) is 5. The second kappa shape index (κ2) is 5.84. The first-order valence-corrected chi connectivity index (χ1v) is 8.28. The number of carboxylic acids is 1. The van der Waals surface area contributed by atoms with Crippen LogP contribution in [0.5, 0.6) is 0 Å². The number of esters is 1. The zero-order valence-electron chi connectivity index (χ0n) is 14.5. The zero-order chi connectivity index (χ0) is 18.5. The van der Waals surface area contributed by atoms with Crippen molar-refractivity contribution in [3.63, 3.8) is 0 Å². The van der Waals surface area contributed by atoms with Crippen molar-refractivity contribution in [3.05, 3.63) is 29.3 Å². The maximum Gasteiger partial charge on any atom is 0.328 e. The van der Waals surface area contributed by atoms with Crippen LogP contribution in [0.3, 0.4) is 0 Å². The van der Waals surface area contributed by atoms with Gasteiger partial charge in [0, 0.05) is 0 Å². The van der Waals surface area contributed by atoms with Crippen molar-refractivity contribution >= 4 is 23.5 Å². The highest BCUT2D eigenvalue weighted by atomic mass is 16.6. The second-order valence-corrected chi connectivity index (χ2v) is 7.50. The maximum atomic E-state index is 12.8. The van der Waals surface area contributed by atoms with Crippen LogP contribution in [0.25, 0.3) is 0 Å². The molecule has 25 heavy (non-hydrogen) atoms. The number of benzene rings is 1. The van der Waals surface area contributed by atoms with E-state index in [1.54, 1.807) is 32.9 Å². The predicted octanol–water partition coefficient (Wildman–Crippen LogP) is 1.19. The number of amides is 1. The zero-order valence-corrected chi connectivity index (χ0v) is 14.5. The Hall–Kier alpha value is -2.41. The van der Waals surface area contributed by atoms with E-state index in [-0.39, 0.29) is 0 Å². The predicted molar refractivity (Wildman–Crippen MR) is 90.2 cm³/mol. The van der Waals surface area contributed by atoms with Gasteiger partial charge in [0.1, 0.15) is 11.5 Å². The fraction of sp³-hybridized carbons (Fsp3) is 0.500.